The molecule has 1 aliphatic rings. The molecule has 0 atom stereocenters. The molecule has 4 rings (SSSR count). The molecular formula is C20H19FN4O2. The number of rotatable bonds is 4. The Bertz CT molecular complexity index is 887. The van der Waals surface area contributed by atoms with Crippen molar-refractivity contribution < 1.29 is 13.7 Å². The second-order valence-corrected chi connectivity index (χ2v) is 6.55. The van der Waals surface area contributed by atoms with E-state index >= 15 is 0 Å². The second-order valence-electron chi connectivity index (χ2n) is 6.55. The molecule has 1 aliphatic heterocycles. The summed E-state index contributed by atoms with van der Waals surface area (Å²) in [5.74, 6) is 0.280. The number of hydrogen-bond donors (Lipinski definition) is 1. The molecule has 2 aromatic carbocycles. The molecule has 0 saturated carbocycles. The Hall–Kier alpha value is -3.22. The minimum Gasteiger partial charge on any atom is -0.382 e. The van der Waals surface area contributed by atoms with Gasteiger partial charge in [0.15, 0.2) is 0 Å². The number of carbonyl (C=O) groups excluding carboxylic acids is 1. The van der Waals surface area contributed by atoms with Gasteiger partial charge in [-0.05, 0) is 49.2 Å². The van der Waals surface area contributed by atoms with Crippen molar-refractivity contribution in [2.75, 3.05) is 18.4 Å². The van der Waals surface area contributed by atoms with Crippen molar-refractivity contribution in [2.45, 2.75) is 18.9 Å². The Balaban J connectivity index is 1.33. The van der Waals surface area contributed by atoms with Crippen LogP contribution in [0, 0.1) is 5.82 Å². The third-order valence-electron chi connectivity index (χ3n) is 4.75. The fourth-order valence-electron chi connectivity index (χ4n) is 3.25. The topological polar surface area (TPSA) is 71.3 Å². The molecule has 0 unspecified atom stereocenters. The maximum absolute atomic E-state index is 13.0. The number of piperidine rings is 1. The Labute approximate surface area is 156 Å². The lowest BCUT2D eigenvalue weighted by Gasteiger charge is -2.33. The van der Waals surface area contributed by atoms with Gasteiger partial charge in [-0.15, -0.1) is 0 Å². The van der Waals surface area contributed by atoms with Crippen LogP contribution in [0.2, 0.25) is 0 Å². The highest BCUT2D eigenvalue weighted by molar-refractivity contribution is 5.94. The van der Waals surface area contributed by atoms with Crippen LogP contribution in [0.5, 0.6) is 0 Å². The summed E-state index contributed by atoms with van der Waals surface area (Å²) in [6.07, 6.45) is 2.98. The third kappa shape index (κ3) is 3.97. The van der Waals surface area contributed by atoms with Crippen LogP contribution in [-0.4, -0.2) is 40.1 Å². The summed E-state index contributed by atoms with van der Waals surface area (Å²) < 4.78 is 17.7. The van der Waals surface area contributed by atoms with Crippen LogP contribution in [0.4, 0.5) is 10.1 Å². The highest BCUT2D eigenvalue weighted by Crippen LogP contribution is 2.20. The van der Waals surface area contributed by atoms with Gasteiger partial charge in [0.1, 0.15) is 5.82 Å². The fraction of sp³-hybridized carbons (Fsp3) is 0.250. The number of aromatic nitrogens is 2. The predicted molar refractivity (Wildman–Crippen MR) is 98.7 cm³/mol. The highest BCUT2D eigenvalue weighted by atomic mass is 19.1. The van der Waals surface area contributed by atoms with E-state index in [1.54, 1.807) is 24.3 Å². The summed E-state index contributed by atoms with van der Waals surface area (Å²) in [4.78, 5) is 18.6. The third-order valence-corrected chi connectivity index (χ3v) is 4.75. The Kier molecular flexibility index (Phi) is 4.82. The van der Waals surface area contributed by atoms with E-state index in [1.165, 1.54) is 18.5 Å². The summed E-state index contributed by atoms with van der Waals surface area (Å²) in [5.41, 5.74) is 2.35. The van der Waals surface area contributed by atoms with Gasteiger partial charge in [0, 0.05) is 35.9 Å². The Morgan fingerprint density at radius 2 is 1.78 bits per heavy atom. The summed E-state index contributed by atoms with van der Waals surface area (Å²) in [5, 5.41) is 7.19. The molecule has 1 amide bonds. The van der Waals surface area contributed by atoms with Gasteiger partial charge in [-0.25, -0.2) is 4.39 Å². The first-order valence-electron chi connectivity index (χ1n) is 8.87. The van der Waals surface area contributed by atoms with E-state index in [2.05, 4.69) is 15.5 Å². The molecule has 2 heterocycles. The average molecular weight is 366 g/mol. The molecule has 0 spiro atoms. The largest absolute Gasteiger partial charge is 0.382 e. The fourth-order valence-corrected chi connectivity index (χ4v) is 3.25. The van der Waals surface area contributed by atoms with E-state index < -0.39 is 0 Å². The lowest BCUT2D eigenvalue weighted by atomic mass is 10.0. The van der Waals surface area contributed by atoms with Gasteiger partial charge in [-0.3, -0.25) is 4.79 Å². The molecule has 1 saturated heterocycles. The minimum absolute atomic E-state index is 0.0231. The number of hydrogen-bond acceptors (Lipinski definition) is 5. The lowest BCUT2D eigenvalue weighted by Crippen LogP contribution is -2.42. The van der Waals surface area contributed by atoms with Gasteiger partial charge < -0.3 is 14.7 Å². The van der Waals surface area contributed by atoms with E-state index in [4.69, 9.17) is 4.52 Å². The summed E-state index contributed by atoms with van der Waals surface area (Å²) >= 11 is 0. The zero-order valence-electron chi connectivity index (χ0n) is 14.6. The van der Waals surface area contributed by atoms with Crippen LogP contribution in [0.25, 0.3) is 11.4 Å². The summed E-state index contributed by atoms with van der Waals surface area (Å²) in [6.45, 7) is 1.37. The van der Waals surface area contributed by atoms with Crippen molar-refractivity contribution >= 4 is 11.6 Å². The van der Waals surface area contributed by atoms with Crippen LogP contribution >= 0.6 is 0 Å². The molecule has 0 radical (unpaired) electrons. The van der Waals surface area contributed by atoms with E-state index in [0.29, 0.717) is 24.5 Å². The Morgan fingerprint density at radius 1 is 1.07 bits per heavy atom. The van der Waals surface area contributed by atoms with Crippen LogP contribution in [0.15, 0.2) is 59.4 Å². The van der Waals surface area contributed by atoms with Gasteiger partial charge >= 0.3 is 0 Å². The van der Waals surface area contributed by atoms with Crippen LogP contribution < -0.4 is 5.32 Å². The lowest BCUT2D eigenvalue weighted by molar-refractivity contribution is 0.0718. The molecular weight excluding hydrogens is 347 g/mol. The van der Waals surface area contributed by atoms with E-state index in [0.717, 1.165) is 24.1 Å². The second kappa shape index (κ2) is 7.57. The molecule has 138 valence electrons. The van der Waals surface area contributed by atoms with Crippen molar-refractivity contribution in [3.8, 4) is 11.4 Å². The number of likely N-dealkylation sites (tertiary alicyclic amines) is 1. The summed E-state index contributed by atoms with van der Waals surface area (Å²) in [6, 6.07) is 13.9. The number of amides is 1. The number of benzene rings is 2. The van der Waals surface area contributed by atoms with E-state index in [-0.39, 0.29) is 17.8 Å². The first kappa shape index (κ1) is 17.2. The molecule has 0 aliphatic carbocycles. The van der Waals surface area contributed by atoms with Gasteiger partial charge in [0.25, 0.3) is 5.91 Å². The maximum Gasteiger partial charge on any atom is 0.253 e. The summed E-state index contributed by atoms with van der Waals surface area (Å²) in [7, 11) is 0. The van der Waals surface area contributed by atoms with Crippen molar-refractivity contribution in [2.24, 2.45) is 0 Å². The zero-order valence-corrected chi connectivity index (χ0v) is 14.6. The molecule has 1 fully saturated rings. The standard InChI is InChI=1S/C20H19FN4O2/c21-16-5-7-17(8-6-16)23-18-9-11-25(12-10-18)20(26)15-3-1-14(2-4-15)19-22-13-27-24-19/h1-8,13,18,23H,9-12H2. The monoisotopic (exact) mass is 366 g/mol. The predicted octanol–water partition coefficient (Wildman–Crippen LogP) is 3.59. The zero-order chi connectivity index (χ0) is 18.6. The van der Waals surface area contributed by atoms with Crippen molar-refractivity contribution in [3.63, 3.8) is 0 Å². The normalized spacial score (nSPS) is 14.9. The molecule has 27 heavy (non-hydrogen) atoms. The molecule has 1 N–H and O–H groups in total. The van der Waals surface area contributed by atoms with Gasteiger partial charge in [-0.2, -0.15) is 4.98 Å². The number of nitrogens with one attached hydrogen (secondary N) is 1. The van der Waals surface area contributed by atoms with Crippen molar-refractivity contribution in [3.05, 3.63) is 66.3 Å². The number of nitrogens with zero attached hydrogens (tertiary/aromatic N) is 3. The first-order chi connectivity index (χ1) is 13.2. The molecule has 1 aromatic heterocycles. The van der Waals surface area contributed by atoms with Crippen LogP contribution in [0.3, 0.4) is 0 Å². The number of anilines is 1. The van der Waals surface area contributed by atoms with Crippen LogP contribution in [0.1, 0.15) is 23.2 Å². The number of carbonyl (C=O) groups is 1. The SMILES string of the molecule is O=C(c1ccc(-c2ncon2)cc1)N1CCC(Nc2ccc(F)cc2)CC1. The number of halogens is 1. The quantitative estimate of drug-likeness (QED) is 0.764. The minimum atomic E-state index is -0.244. The van der Waals surface area contributed by atoms with Crippen molar-refractivity contribution in [1.29, 1.82) is 0 Å². The van der Waals surface area contributed by atoms with E-state index in [9.17, 15) is 9.18 Å². The van der Waals surface area contributed by atoms with Gasteiger partial charge in [0.2, 0.25) is 12.2 Å². The van der Waals surface area contributed by atoms with Gasteiger partial charge in [0.05, 0.1) is 0 Å². The Morgan fingerprint density at radius 3 is 2.41 bits per heavy atom. The average Bonchev–Trinajstić information content (AvgIpc) is 3.25. The molecule has 6 nitrogen and oxygen atoms in total. The van der Waals surface area contributed by atoms with E-state index in [1.807, 2.05) is 17.0 Å². The van der Waals surface area contributed by atoms with Crippen molar-refractivity contribution in [1.82, 2.24) is 15.0 Å². The molecule has 0 bridgehead atoms. The molecule has 7 heteroatoms. The smallest absolute Gasteiger partial charge is 0.253 e. The van der Waals surface area contributed by atoms with Gasteiger partial charge in [-0.1, -0.05) is 17.3 Å². The van der Waals surface area contributed by atoms with Crippen LogP contribution in [-0.2, 0) is 0 Å². The highest BCUT2D eigenvalue weighted by Gasteiger charge is 2.23. The maximum atomic E-state index is 13.0. The first-order valence-corrected chi connectivity index (χ1v) is 8.87. The molecule has 3 aromatic rings.